The van der Waals surface area contributed by atoms with Crippen LogP contribution in [0.5, 0.6) is 0 Å². The van der Waals surface area contributed by atoms with E-state index in [0.717, 1.165) is 21.8 Å². The maximum absolute atomic E-state index is 15.2. The number of carbonyl (C=O) groups is 1. The Morgan fingerprint density at radius 2 is 1.88 bits per heavy atom. The van der Waals surface area contributed by atoms with Crippen LogP contribution in [-0.4, -0.2) is 78.4 Å². The van der Waals surface area contributed by atoms with Crippen LogP contribution in [0.25, 0.3) is 56.0 Å². The number of halogens is 2. The van der Waals surface area contributed by atoms with Gasteiger partial charge in [-0.05, 0) is 67.8 Å². The Morgan fingerprint density at radius 3 is 2.58 bits per heavy atom. The maximum Gasteiger partial charge on any atom is 0.255 e. The first-order valence-corrected chi connectivity index (χ1v) is 18.0. The predicted octanol–water partition coefficient (Wildman–Crippen LogP) is 5.87. The van der Waals surface area contributed by atoms with Gasteiger partial charge < -0.3 is 14.3 Å². The van der Waals surface area contributed by atoms with Crippen LogP contribution in [0.15, 0.2) is 65.2 Å². The van der Waals surface area contributed by atoms with Gasteiger partial charge in [-0.25, -0.2) is 22.2 Å². The monoisotopic (exact) mass is 697 g/mol. The molecule has 2 aliphatic heterocycles. The number of sulfonamides is 1. The Hall–Kier alpha value is -5.21. The van der Waals surface area contributed by atoms with Crippen LogP contribution in [0, 0.1) is 12.7 Å². The van der Waals surface area contributed by atoms with Crippen molar-refractivity contribution in [1.82, 2.24) is 29.7 Å². The van der Waals surface area contributed by atoms with Crippen LogP contribution in [0.2, 0.25) is 0 Å². The van der Waals surface area contributed by atoms with Crippen molar-refractivity contribution in [3.63, 3.8) is 0 Å². The van der Waals surface area contributed by atoms with Crippen molar-refractivity contribution in [3.8, 4) is 34.0 Å². The molecule has 14 heteroatoms. The lowest BCUT2D eigenvalue weighted by molar-refractivity contribution is -0.00194. The van der Waals surface area contributed by atoms with Gasteiger partial charge in [0, 0.05) is 55.6 Å². The topological polar surface area (TPSA) is 126 Å². The summed E-state index contributed by atoms with van der Waals surface area (Å²) in [5.74, 6) is -0.519. The van der Waals surface area contributed by atoms with Gasteiger partial charge in [0.15, 0.2) is 11.6 Å². The summed E-state index contributed by atoms with van der Waals surface area (Å²) in [7, 11) is -0.919. The molecule has 1 atom stereocenters. The smallest absolute Gasteiger partial charge is 0.255 e. The number of amides is 1. The van der Waals surface area contributed by atoms with Crippen molar-refractivity contribution in [2.24, 2.45) is 0 Å². The molecule has 7 heterocycles. The number of aryl methyl sites for hydroxylation is 2. The fraction of sp³-hybridized carbons (Fsp3) is 0.278. The highest BCUT2D eigenvalue weighted by Gasteiger charge is 2.37. The average Bonchev–Trinajstić information content (AvgIpc) is 3.61. The molecule has 5 aromatic heterocycles. The molecule has 0 radical (unpaired) electrons. The van der Waals surface area contributed by atoms with Crippen LogP contribution in [0.3, 0.4) is 0 Å². The number of hydrogen-bond donors (Lipinski definition) is 1. The Balaban J connectivity index is 1.37. The van der Waals surface area contributed by atoms with Crippen LogP contribution in [0.4, 0.5) is 14.6 Å². The standard InChI is InChI=1S/C36H33F2N7O4S/c1-19-8-9-21(16-40-19)33-31(35(46)39-2)25-14-24(34(42-36(25)49-33)43(3)50(4,47)48)27-12-10-20-11-13-30(44-17-22(37)18-44)45-28-7-5-6-26(38)23(28)15-29(45)32(20)41-27/h5-10,12,14-16,22,30H,11,13,17-18H2,1-4H3,(H,39,46). The molecule has 0 aliphatic carbocycles. The summed E-state index contributed by atoms with van der Waals surface area (Å²) in [5.41, 5.74) is 5.17. The van der Waals surface area contributed by atoms with E-state index >= 15 is 4.39 Å². The molecule has 0 spiro atoms. The van der Waals surface area contributed by atoms with E-state index in [1.165, 1.54) is 20.2 Å². The molecule has 1 unspecified atom stereocenters. The molecule has 1 amide bonds. The number of benzene rings is 1. The fourth-order valence-electron chi connectivity index (χ4n) is 6.99. The second-order valence-electron chi connectivity index (χ2n) is 12.9. The number of alkyl halides is 1. The summed E-state index contributed by atoms with van der Waals surface area (Å²) in [6.07, 6.45) is 2.83. The molecule has 6 aromatic rings. The third kappa shape index (κ3) is 5.12. The number of hydrogen-bond acceptors (Lipinski definition) is 8. The minimum atomic E-state index is -3.82. The minimum Gasteiger partial charge on any atom is -0.437 e. The molecule has 0 saturated carbocycles. The van der Waals surface area contributed by atoms with Gasteiger partial charge in [0.25, 0.3) is 5.91 Å². The SMILES string of the molecule is CNC(=O)c1c(-c2ccc(C)nc2)oc2nc(N(C)S(C)(=O)=O)c(-c3ccc4c(n3)-c3cc5c(F)cccc5n3C(N3CC(F)C3)CC4)cc12. The minimum absolute atomic E-state index is 0.0471. The number of rotatable bonds is 6. The molecule has 256 valence electrons. The van der Waals surface area contributed by atoms with Gasteiger partial charge in [-0.2, -0.15) is 4.98 Å². The zero-order valence-electron chi connectivity index (χ0n) is 27.7. The Morgan fingerprint density at radius 1 is 1.08 bits per heavy atom. The third-order valence-electron chi connectivity index (χ3n) is 9.67. The molecule has 50 heavy (non-hydrogen) atoms. The van der Waals surface area contributed by atoms with E-state index in [1.54, 1.807) is 42.6 Å². The van der Waals surface area contributed by atoms with Gasteiger partial charge in [-0.15, -0.1) is 0 Å². The lowest BCUT2D eigenvalue weighted by Gasteiger charge is -2.41. The molecular weight excluding hydrogens is 665 g/mol. The van der Waals surface area contributed by atoms with Crippen LogP contribution >= 0.6 is 0 Å². The number of fused-ring (bicyclic) bond motifs is 6. The molecule has 11 nitrogen and oxygen atoms in total. The first kappa shape index (κ1) is 32.0. The second kappa shape index (κ2) is 11.7. The van der Waals surface area contributed by atoms with Gasteiger partial charge in [0.05, 0.1) is 46.0 Å². The van der Waals surface area contributed by atoms with E-state index in [1.807, 2.05) is 23.6 Å². The first-order valence-electron chi connectivity index (χ1n) is 16.2. The van der Waals surface area contributed by atoms with Crippen molar-refractivity contribution in [2.75, 3.05) is 37.7 Å². The van der Waals surface area contributed by atoms with Crippen molar-refractivity contribution in [1.29, 1.82) is 0 Å². The van der Waals surface area contributed by atoms with Crippen molar-refractivity contribution in [3.05, 3.63) is 83.4 Å². The quantitative estimate of drug-likeness (QED) is 0.229. The van der Waals surface area contributed by atoms with Crippen LogP contribution in [-0.2, 0) is 16.4 Å². The van der Waals surface area contributed by atoms with Crippen LogP contribution < -0.4 is 9.62 Å². The number of furan rings is 1. The van der Waals surface area contributed by atoms with Crippen molar-refractivity contribution in [2.45, 2.75) is 32.1 Å². The number of pyridine rings is 3. The number of anilines is 1. The number of nitrogens with zero attached hydrogens (tertiary/aromatic N) is 6. The highest BCUT2D eigenvalue weighted by atomic mass is 32.2. The Labute approximate surface area is 286 Å². The molecule has 8 rings (SSSR count). The van der Waals surface area contributed by atoms with Crippen LogP contribution in [0.1, 0.15) is 34.2 Å². The molecule has 1 aromatic carbocycles. The van der Waals surface area contributed by atoms with Gasteiger partial charge in [-0.3, -0.25) is 19.0 Å². The lowest BCUT2D eigenvalue weighted by Crippen LogP contribution is -2.51. The Kier molecular flexibility index (Phi) is 7.49. The van der Waals surface area contributed by atoms with Gasteiger partial charge in [0.1, 0.15) is 12.0 Å². The average molecular weight is 698 g/mol. The third-order valence-corrected chi connectivity index (χ3v) is 10.8. The van der Waals surface area contributed by atoms with Gasteiger partial charge in [0.2, 0.25) is 15.7 Å². The largest absolute Gasteiger partial charge is 0.437 e. The van der Waals surface area contributed by atoms with E-state index in [4.69, 9.17) is 9.40 Å². The predicted molar refractivity (Wildman–Crippen MR) is 187 cm³/mol. The summed E-state index contributed by atoms with van der Waals surface area (Å²) in [5, 5.41) is 3.46. The lowest BCUT2D eigenvalue weighted by atomic mass is 10.0. The van der Waals surface area contributed by atoms with Gasteiger partial charge in [-0.1, -0.05) is 12.1 Å². The number of aromatic nitrogens is 4. The second-order valence-corrected chi connectivity index (χ2v) is 14.9. The fourth-order valence-corrected chi connectivity index (χ4v) is 7.45. The van der Waals surface area contributed by atoms with Crippen molar-refractivity contribution >= 4 is 43.8 Å². The molecule has 0 bridgehead atoms. The zero-order chi connectivity index (χ0) is 35.1. The van der Waals surface area contributed by atoms with Gasteiger partial charge >= 0.3 is 0 Å². The summed E-state index contributed by atoms with van der Waals surface area (Å²) in [6, 6.07) is 15.7. The molecular formula is C36H33F2N7O4S. The van der Waals surface area contributed by atoms with E-state index in [0.29, 0.717) is 70.4 Å². The normalized spacial score (nSPS) is 16.6. The zero-order valence-corrected chi connectivity index (χ0v) is 28.6. The number of nitrogens with one attached hydrogen (secondary N) is 1. The highest BCUT2D eigenvalue weighted by Crippen LogP contribution is 2.43. The molecule has 1 fully saturated rings. The van der Waals surface area contributed by atoms with Crippen molar-refractivity contribution < 1.29 is 26.4 Å². The number of likely N-dealkylation sites (tertiary alicyclic amines) is 1. The first-order chi connectivity index (χ1) is 23.9. The van der Waals surface area contributed by atoms with E-state index < -0.39 is 22.1 Å². The maximum atomic E-state index is 15.2. The summed E-state index contributed by atoms with van der Waals surface area (Å²) < 4.78 is 64.5. The highest BCUT2D eigenvalue weighted by molar-refractivity contribution is 7.92. The molecule has 1 saturated heterocycles. The molecule has 2 aliphatic rings. The summed E-state index contributed by atoms with van der Waals surface area (Å²) in [6.45, 7) is 2.43. The van der Waals surface area contributed by atoms with E-state index in [9.17, 15) is 17.6 Å². The summed E-state index contributed by atoms with van der Waals surface area (Å²) >= 11 is 0. The summed E-state index contributed by atoms with van der Waals surface area (Å²) in [4.78, 5) is 29.6. The molecule has 1 N–H and O–H groups in total. The van der Waals surface area contributed by atoms with E-state index in [2.05, 4.69) is 20.2 Å². The van der Waals surface area contributed by atoms with E-state index in [-0.39, 0.29) is 34.8 Å². The Bertz CT molecular complexity index is 2450. The number of carbonyl (C=O) groups excluding carboxylic acids is 1.